The molecule has 0 radical (unpaired) electrons. The number of aromatic nitrogens is 3. The molecule has 11 heteroatoms. The smallest absolute Gasteiger partial charge is 0.386 e. The zero-order valence-corrected chi connectivity index (χ0v) is 16.9. The molecule has 2 aromatic carbocycles. The Morgan fingerprint density at radius 2 is 1.63 bits per heavy atom. The Balaban J connectivity index is 1.80. The van der Waals surface area contributed by atoms with Gasteiger partial charge in [0.05, 0.1) is 19.3 Å². The van der Waals surface area contributed by atoms with Gasteiger partial charge in [0.2, 0.25) is 0 Å². The molecule has 0 atom stereocenters. The standard InChI is InChI=1S/C19H16ClN3O7/c1-19(16(24)27-2,17(25)28-3)30-13-7-5-12(6-8-13)29-18-21-14-9-4-11(20)10-15(14)23(26)22-18/h4-10H,1-3H3. The fraction of sp³-hybridized carbons (Fsp3) is 0.211. The van der Waals surface area contributed by atoms with E-state index in [9.17, 15) is 14.8 Å². The Kier molecular flexibility index (Phi) is 5.88. The maximum Gasteiger partial charge on any atom is 0.386 e. The number of rotatable bonds is 6. The molecule has 156 valence electrons. The zero-order valence-electron chi connectivity index (χ0n) is 16.1. The van der Waals surface area contributed by atoms with E-state index >= 15 is 0 Å². The number of fused-ring (bicyclic) bond motifs is 1. The van der Waals surface area contributed by atoms with Crippen LogP contribution in [-0.2, 0) is 19.1 Å². The van der Waals surface area contributed by atoms with Gasteiger partial charge >= 0.3 is 17.9 Å². The van der Waals surface area contributed by atoms with Gasteiger partial charge in [0.1, 0.15) is 17.0 Å². The van der Waals surface area contributed by atoms with Crippen LogP contribution >= 0.6 is 11.6 Å². The molecule has 30 heavy (non-hydrogen) atoms. The van der Waals surface area contributed by atoms with Crippen LogP contribution in [0.25, 0.3) is 11.0 Å². The van der Waals surface area contributed by atoms with Crippen LogP contribution in [0.15, 0.2) is 42.5 Å². The number of hydrogen-bond acceptors (Lipinski definition) is 9. The first-order valence-corrected chi connectivity index (χ1v) is 8.85. The van der Waals surface area contributed by atoms with Crippen molar-refractivity contribution in [2.75, 3.05) is 14.2 Å². The average molecular weight is 434 g/mol. The van der Waals surface area contributed by atoms with Crippen molar-refractivity contribution in [2.45, 2.75) is 12.5 Å². The van der Waals surface area contributed by atoms with Crippen molar-refractivity contribution in [3.63, 3.8) is 0 Å². The predicted octanol–water partition coefficient (Wildman–Crippen LogP) is 2.19. The van der Waals surface area contributed by atoms with Crippen LogP contribution in [0, 0.1) is 5.21 Å². The molecule has 3 aromatic rings. The van der Waals surface area contributed by atoms with E-state index in [0.717, 1.165) is 14.2 Å². The third-order valence-electron chi connectivity index (χ3n) is 4.04. The van der Waals surface area contributed by atoms with E-state index in [0.29, 0.717) is 15.4 Å². The number of hydrogen-bond donors (Lipinski definition) is 0. The summed E-state index contributed by atoms with van der Waals surface area (Å²) >= 11 is 5.87. The first-order chi connectivity index (χ1) is 14.3. The van der Waals surface area contributed by atoms with Crippen LogP contribution in [0.1, 0.15) is 6.92 Å². The first-order valence-electron chi connectivity index (χ1n) is 8.47. The Hall–Kier alpha value is -3.66. The van der Waals surface area contributed by atoms with Gasteiger partial charge in [-0.15, -0.1) is 0 Å². The predicted molar refractivity (Wildman–Crippen MR) is 103 cm³/mol. The van der Waals surface area contributed by atoms with E-state index in [1.807, 2.05) is 0 Å². The number of halogens is 1. The molecule has 0 aliphatic rings. The number of carbonyl (C=O) groups excluding carboxylic acids is 2. The van der Waals surface area contributed by atoms with Crippen LogP contribution in [0.3, 0.4) is 0 Å². The maximum absolute atomic E-state index is 12.1. The topological polar surface area (TPSA) is 124 Å². The van der Waals surface area contributed by atoms with Crippen molar-refractivity contribution in [1.82, 2.24) is 10.1 Å². The Morgan fingerprint density at radius 1 is 1.03 bits per heavy atom. The summed E-state index contributed by atoms with van der Waals surface area (Å²) in [6, 6.07) is 10.3. The van der Waals surface area contributed by atoms with Gasteiger partial charge in [-0.1, -0.05) is 11.6 Å². The van der Waals surface area contributed by atoms with Crippen LogP contribution in [0.4, 0.5) is 0 Å². The third kappa shape index (κ3) is 4.18. The second kappa shape index (κ2) is 8.37. The molecule has 0 N–H and O–H groups in total. The highest BCUT2D eigenvalue weighted by Gasteiger charge is 2.46. The molecule has 0 spiro atoms. The van der Waals surface area contributed by atoms with E-state index < -0.39 is 17.5 Å². The number of benzene rings is 2. The van der Waals surface area contributed by atoms with Crippen LogP contribution < -0.4 is 14.3 Å². The van der Waals surface area contributed by atoms with Gasteiger partial charge in [-0.3, -0.25) is 0 Å². The fourth-order valence-electron chi connectivity index (χ4n) is 2.52. The fourth-order valence-corrected chi connectivity index (χ4v) is 2.68. The molecule has 0 bridgehead atoms. The second-order valence-electron chi connectivity index (χ2n) is 6.09. The lowest BCUT2D eigenvalue weighted by Gasteiger charge is -2.25. The molecule has 0 aliphatic carbocycles. The zero-order chi connectivity index (χ0) is 21.9. The lowest BCUT2D eigenvalue weighted by Crippen LogP contribution is -2.50. The number of ether oxygens (including phenoxy) is 4. The molecular formula is C19H16ClN3O7. The van der Waals surface area contributed by atoms with Crippen molar-refractivity contribution >= 4 is 34.6 Å². The summed E-state index contributed by atoms with van der Waals surface area (Å²) in [5, 5.41) is 16.1. The van der Waals surface area contributed by atoms with Crippen molar-refractivity contribution in [3.05, 3.63) is 52.7 Å². The molecule has 1 heterocycles. The van der Waals surface area contributed by atoms with E-state index in [2.05, 4.69) is 19.6 Å². The molecule has 1 aromatic heterocycles. The van der Waals surface area contributed by atoms with Gasteiger partial charge in [0, 0.05) is 11.1 Å². The summed E-state index contributed by atoms with van der Waals surface area (Å²) < 4.78 is 20.2. The molecule has 10 nitrogen and oxygen atoms in total. The van der Waals surface area contributed by atoms with Crippen LogP contribution in [-0.4, -0.2) is 41.8 Å². The van der Waals surface area contributed by atoms with Crippen molar-refractivity contribution < 1.29 is 33.4 Å². The molecule has 0 unspecified atom stereocenters. The average Bonchev–Trinajstić information content (AvgIpc) is 2.74. The molecule has 0 fully saturated rings. The van der Waals surface area contributed by atoms with Gasteiger partial charge in [-0.25, -0.2) is 9.59 Å². The molecule has 0 aliphatic heterocycles. The number of esters is 2. The van der Waals surface area contributed by atoms with Gasteiger partial charge in [-0.2, -0.15) is 4.98 Å². The minimum Gasteiger partial charge on any atom is -0.594 e. The summed E-state index contributed by atoms with van der Waals surface area (Å²) in [4.78, 5) is 28.5. The van der Waals surface area contributed by atoms with Crippen LogP contribution in [0.5, 0.6) is 17.5 Å². The maximum atomic E-state index is 12.1. The number of methoxy groups -OCH3 is 2. The van der Waals surface area contributed by atoms with E-state index in [1.54, 1.807) is 12.1 Å². The van der Waals surface area contributed by atoms with Crippen molar-refractivity contribution in [1.29, 1.82) is 0 Å². The van der Waals surface area contributed by atoms with Gasteiger partial charge in [-0.05, 0) is 48.2 Å². The number of carbonyl (C=O) groups is 2. The summed E-state index contributed by atoms with van der Waals surface area (Å²) in [5.74, 6) is -1.37. The molecule has 0 amide bonds. The SMILES string of the molecule is COC(=O)C(C)(Oc1ccc(Oc2nc3ccc(Cl)cc3[n+]([O-])n2)cc1)C(=O)OC. The molecule has 3 rings (SSSR count). The van der Waals surface area contributed by atoms with E-state index in [4.69, 9.17) is 21.1 Å². The highest BCUT2D eigenvalue weighted by molar-refractivity contribution is 6.31. The summed E-state index contributed by atoms with van der Waals surface area (Å²) in [5.41, 5.74) is -1.43. The summed E-state index contributed by atoms with van der Waals surface area (Å²) in [6.45, 7) is 1.23. The minimum atomic E-state index is -1.98. The van der Waals surface area contributed by atoms with E-state index in [-0.39, 0.29) is 23.0 Å². The highest BCUT2D eigenvalue weighted by Crippen LogP contribution is 2.26. The molecular weight excluding hydrogens is 418 g/mol. The largest absolute Gasteiger partial charge is 0.594 e. The van der Waals surface area contributed by atoms with E-state index in [1.165, 1.54) is 37.3 Å². The Morgan fingerprint density at radius 3 is 2.23 bits per heavy atom. The molecule has 0 saturated carbocycles. The monoisotopic (exact) mass is 433 g/mol. The highest BCUT2D eigenvalue weighted by atomic mass is 35.5. The Labute approximate surface area is 175 Å². The summed E-state index contributed by atoms with van der Waals surface area (Å²) in [6.07, 6.45) is 0. The molecule has 0 saturated heterocycles. The van der Waals surface area contributed by atoms with Gasteiger partial charge in [0.15, 0.2) is 0 Å². The Bertz CT molecular complexity index is 1090. The van der Waals surface area contributed by atoms with Gasteiger partial charge < -0.3 is 24.2 Å². The lowest BCUT2D eigenvalue weighted by atomic mass is 10.1. The third-order valence-corrected chi connectivity index (χ3v) is 4.28. The number of nitrogens with zero attached hydrogens (tertiary/aromatic N) is 3. The summed E-state index contributed by atoms with van der Waals surface area (Å²) in [7, 11) is 2.26. The van der Waals surface area contributed by atoms with Crippen molar-refractivity contribution in [3.8, 4) is 17.5 Å². The van der Waals surface area contributed by atoms with Crippen molar-refractivity contribution in [2.24, 2.45) is 0 Å². The first kappa shape index (κ1) is 21.1. The van der Waals surface area contributed by atoms with Crippen LogP contribution in [0.2, 0.25) is 5.02 Å². The quantitative estimate of drug-likeness (QED) is 0.249. The minimum absolute atomic E-state index is 0.175. The lowest BCUT2D eigenvalue weighted by molar-refractivity contribution is -0.643. The van der Waals surface area contributed by atoms with Gasteiger partial charge in [0.25, 0.3) is 11.1 Å². The second-order valence-corrected chi connectivity index (χ2v) is 6.53. The normalized spacial score (nSPS) is 11.1.